The van der Waals surface area contributed by atoms with E-state index in [9.17, 15) is 9.59 Å². The van der Waals surface area contributed by atoms with E-state index in [0.29, 0.717) is 28.4 Å². The van der Waals surface area contributed by atoms with Gasteiger partial charge in [-0.2, -0.15) is 4.99 Å². The van der Waals surface area contributed by atoms with Crippen LogP contribution in [0.4, 0.5) is 0 Å². The van der Waals surface area contributed by atoms with Crippen molar-refractivity contribution in [2.75, 3.05) is 7.11 Å². The zero-order chi connectivity index (χ0) is 22.9. The summed E-state index contributed by atoms with van der Waals surface area (Å²) in [5.74, 6) is 0.0473. The molecule has 6 nitrogen and oxygen atoms in total. The van der Waals surface area contributed by atoms with Crippen molar-refractivity contribution in [3.05, 3.63) is 101 Å². The number of carbonyl (C=O) groups is 2. The molecule has 1 aliphatic heterocycles. The number of rotatable bonds is 4. The Hall–Kier alpha value is -3.97. The van der Waals surface area contributed by atoms with E-state index in [1.165, 1.54) is 18.4 Å². The number of hydrogen-bond acceptors (Lipinski definition) is 5. The first-order chi connectivity index (χ1) is 16.1. The van der Waals surface area contributed by atoms with Crippen molar-refractivity contribution in [3.63, 3.8) is 0 Å². The smallest absolute Gasteiger partial charge is 0.337 e. The van der Waals surface area contributed by atoms with E-state index in [-0.39, 0.29) is 5.91 Å². The summed E-state index contributed by atoms with van der Waals surface area (Å²) in [4.78, 5) is 30.7. The first-order valence-corrected chi connectivity index (χ1v) is 11.2. The van der Waals surface area contributed by atoms with Gasteiger partial charge in [-0.1, -0.05) is 53.8 Å². The van der Waals surface area contributed by atoms with Crippen LogP contribution in [0.5, 0.6) is 11.5 Å². The first-order valence-electron chi connectivity index (χ1n) is 10.4. The predicted molar refractivity (Wildman–Crippen MR) is 127 cm³/mol. The SMILES string of the molecule is C=CCn1c(=NC(=O)C2c3ccccc3Oc3ccccc32)sc2cc(C(=O)OC)ccc21. The predicted octanol–water partition coefficient (Wildman–Crippen LogP) is 5.04. The molecule has 0 atom stereocenters. The Bertz CT molecular complexity index is 1440. The van der Waals surface area contributed by atoms with Crippen molar-refractivity contribution in [1.82, 2.24) is 4.57 Å². The standard InChI is InChI=1S/C26H20N2O4S/c1-3-14-28-19-13-12-16(25(30)31-2)15-22(19)33-26(28)27-24(29)23-17-8-4-6-10-20(17)32-21-11-7-5-9-18(21)23/h3-13,15,23H,1,14H2,2H3. The molecule has 1 aliphatic rings. The highest BCUT2D eigenvalue weighted by atomic mass is 32.1. The Balaban J connectivity index is 1.66. The number of benzene rings is 3. The van der Waals surface area contributed by atoms with Crippen LogP contribution in [-0.2, 0) is 16.1 Å². The summed E-state index contributed by atoms with van der Waals surface area (Å²) in [7, 11) is 1.35. The summed E-state index contributed by atoms with van der Waals surface area (Å²) in [6, 6.07) is 20.4. The summed E-state index contributed by atoms with van der Waals surface area (Å²) < 4.78 is 13.6. The Morgan fingerprint density at radius 3 is 2.39 bits per heavy atom. The van der Waals surface area contributed by atoms with E-state index in [4.69, 9.17) is 9.47 Å². The van der Waals surface area contributed by atoms with Crippen LogP contribution in [0.3, 0.4) is 0 Å². The number of aromatic nitrogens is 1. The van der Waals surface area contributed by atoms with Crippen molar-refractivity contribution in [1.29, 1.82) is 0 Å². The topological polar surface area (TPSA) is 69.9 Å². The maximum atomic E-state index is 13.6. The number of ether oxygens (including phenoxy) is 2. The molecule has 0 spiro atoms. The Morgan fingerprint density at radius 1 is 1.09 bits per heavy atom. The van der Waals surface area contributed by atoms with Crippen LogP contribution in [0.2, 0.25) is 0 Å². The van der Waals surface area contributed by atoms with Gasteiger partial charge in [0.05, 0.1) is 28.8 Å². The van der Waals surface area contributed by atoms with Crippen LogP contribution in [0.25, 0.3) is 10.2 Å². The van der Waals surface area contributed by atoms with Gasteiger partial charge in [-0.05, 0) is 30.3 Å². The lowest BCUT2D eigenvalue weighted by molar-refractivity contribution is -0.118. The Labute approximate surface area is 194 Å². The van der Waals surface area contributed by atoms with Gasteiger partial charge in [0.2, 0.25) is 0 Å². The molecule has 1 amide bonds. The summed E-state index contributed by atoms with van der Waals surface area (Å²) in [5, 5.41) is 0. The molecule has 33 heavy (non-hydrogen) atoms. The number of nitrogens with zero attached hydrogens (tertiary/aromatic N) is 2. The second-order valence-electron chi connectivity index (χ2n) is 7.52. The molecule has 164 valence electrons. The molecule has 5 rings (SSSR count). The summed E-state index contributed by atoms with van der Waals surface area (Å²) in [6.45, 7) is 4.31. The second-order valence-corrected chi connectivity index (χ2v) is 8.53. The lowest BCUT2D eigenvalue weighted by Gasteiger charge is -2.25. The fraction of sp³-hybridized carbons (Fsp3) is 0.115. The van der Waals surface area contributed by atoms with Gasteiger partial charge in [0.15, 0.2) is 4.80 Å². The first kappa shape index (κ1) is 20.9. The molecule has 0 radical (unpaired) electrons. The number of allylic oxidation sites excluding steroid dienone is 1. The van der Waals surface area contributed by atoms with Gasteiger partial charge in [-0.15, -0.1) is 6.58 Å². The second kappa shape index (κ2) is 8.52. The quantitative estimate of drug-likeness (QED) is 0.319. The molecule has 0 saturated heterocycles. The average molecular weight is 457 g/mol. The summed E-state index contributed by atoms with van der Waals surface area (Å²) in [5.41, 5.74) is 2.89. The van der Waals surface area contributed by atoms with Gasteiger partial charge in [0.1, 0.15) is 11.5 Å². The summed E-state index contributed by atoms with van der Waals surface area (Å²) >= 11 is 1.35. The van der Waals surface area contributed by atoms with Crippen LogP contribution >= 0.6 is 11.3 Å². The maximum absolute atomic E-state index is 13.6. The largest absolute Gasteiger partial charge is 0.465 e. The number of carbonyl (C=O) groups excluding carboxylic acids is 2. The van der Waals surface area contributed by atoms with E-state index in [2.05, 4.69) is 11.6 Å². The molecule has 0 fully saturated rings. The van der Waals surface area contributed by atoms with Crippen LogP contribution in [0.1, 0.15) is 27.4 Å². The molecule has 2 heterocycles. The third kappa shape index (κ3) is 3.66. The van der Waals surface area contributed by atoms with Gasteiger partial charge < -0.3 is 14.0 Å². The van der Waals surface area contributed by atoms with Crippen molar-refractivity contribution in [3.8, 4) is 11.5 Å². The third-order valence-corrected chi connectivity index (χ3v) is 6.59. The molecule has 4 aromatic rings. The number of fused-ring (bicyclic) bond motifs is 3. The van der Waals surface area contributed by atoms with E-state index in [1.54, 1.807) is 18.2 Å². The lowest BCUT2D eigenvalue weighted by Crippen LogP contribution is -2.22. The molecule has 3 aromatic carbocycles. The number of esters is 1. The molecule has 0 aliphatic carbocycles. The fourth-order valence-corrected chi connectivity index (χ4v) is 5.13. The van der Waals surface area contributed by atoms with Gasteiger partial charge in [-0.3, -0.25) is 4.79 Å². The molecule has 0 unspecified atom stereocenters. The minimum Gasteiger partial charge on any atom is -0.465 e. The van der Waals surface area contributed by atoms with Crippen LogP contribution in [-0.4, -0.2) is 23.6 Å². The highest BCUT2D eigenvalue weighted by molar-refractivity contribution is 7.16. The van der Waals surface area contributed by atoms with Crippen LogP contribution in [0.15, 0.2) is 84.4 Å². The van der Waals surface area contributed by atoms with Gasteiger partial charge >= 0.3 is 5.97 Å². The Kier molecular flexibility index (Phi) is 5.40. The molecule has 0 bridgehead atoms. The zero-order valence-corrected chi connectivity index (χ0v) is 18.7. The zero-order valence-electron chi connectivity index (χ0n) is 17.9. The van der Waals surface area contributed by atoms with E-state index < -0.39 is 11.9 Å². The normalized spacial score (nSPS) is 13.2. The molecule has 7 heteroatoms. The highest BCUT2D eigenvalue weighted by Crippen LogP contribution is 2.44. The number of thiazole rings is 1. The number of hydrogen-bond donors (Lipinski definition) is 0. The molecule has 0 saturated carbocycles. The van der Waals surface area contributed by atoms with Gasteiger partial charge in [0, 0.05) is 17.7 Å². The third-order valence-electron chi connectivity index (χ3n) is 5.55. The van der Waals surface area contributed by atoms with Crippen molar-refractivity contribution in [2.24, 2.45) is 4.99 Å². The average Bonchev–Trinajstić information content (AvgIpc) is 3.18. The van der Waals surface area contributed by atoms with Crippen molar-refractivity contribution in [2.45, 2.75) is 12.5 Å². The van der Waals surface area contributed by atoms with Gasteiger partial charge in [-0.25, -0.2) is 4.79 Å². The molecular formula is C26H20N2O4S. The molecular weight excluding hydrogens is 436 g/mol. The van der Waals surface area contributed by atoms with Crippen LogP contribution in [0, 0.1) is 0 Å². The summed E-state index contributed by atoms with van der Waals surface area (Å²) in [6.07, 6.45) is 1.75. The monoisotopic (exact) mass is 456 g/mol. The fourth-order valence-electron chi connectivity index (χ4n) is 4.04. The molecule has 0 N–H and O–H groups in total. The van der Waals surface area contributed by atoms with Gasteiger partial charge in [0.25, 0.3) is 5.91 Å². The minimum absolute atomic E-state index is 0.282. The van der Waals surface area contributed by atoms with E-state index >= 15 is 0 Å². The molecule has 1 aromatic heterocycles. The highest BCUT2D eigenvalue weighted by Gasteiger charge is 2.32. The van der Waals surface area contributed by atoms with Crippen molar-refractivity contribution >= 4 is 33.4 Å². The maximum Gasteiger partial charge on any atom is 0.337 e. The van der Waals surface area contributed by atoms with E-state index in [1.807, 2.05) is 59.2 Å². The Morgan fingerprint density at radius 2 is 1.76 bits per heavy atom. The van der Waals surface area contributed by atoms with E-state index in [0.717, 1.165) is 21.3 Å². The minimum atomic E-state index is -0.570. The number of methoxy groups -OCH3 is 1. The lowest BCUT2D eigenvalue weighted by atomic mass is 9.87. The van der Waals surface area contributed by atoms with Crippen molar-refractivity contribution < 1.29 is 19.1 Å². The number of para-hydroxylation sites is 2. The number of amides is 1. The van der Waals surface area contributed by atoms with Crippen LogP contribution < -0.4 is 9.54 Å².